The zero-order valence-electron chi connectivity index (χ0n) is 22.9. The molecule has 0 aromatic rings. The Kier molecular flexibility index (Phi) is 23.2. The number of carbonyl (C=O) groups is 1. The first kappa shape index (κ1) is 31.4. The fourth-order valence-electron chi connectivity index (χ4n) is 4.57. The summed E-state index contributed by atoms with van der Waals surface area (Å²) in [5, 5.41) is 3.23. The third-order valence-electron chi connectivity index (χ3n) is 7.19. The summed E-state index contributed by atoms with van der Waals surface area (Å²) in [7, 11) is 4.16. The molecule has 0 heterocycles. The summed E-state index contributed by atoms with van der Waals surface area (Å²) in [6.45, 7) is 6.63. The minimum atomic E-state index is 0.234. The van der Waals surface area contributed by atoms with Crippen LogP contribution in [0.4, 0.5) is 0 Å². The lowest BCUT2D eigenvalue weighted by Crippen LogP contribution is -2.47. The first-order valence-corrected chi connectivity index (χ1v) is 14.5. The Labute approximate surface area is 202 Å². The summed E-state index contributed by atoms with van der Waals surface area (Å²) in [4.78, 5) is 14.4. The van der Waals surface area contributed by atoms with Crippen molar-refractivity contribution in [1.29, 1.82) is 0 Å². The molecule has 0 saturated carbocycles. The van der Waals surface area contributed by atoms with Gasteiger partial charge in [-0.25, -0.2) is 0 Å². The zero-order valence-corrected chi connectivity index (χ0v) is 22.9. The second-order valence-electron chi connectivity index (χ2n) is 10.4. The lowest BCUT2D eigenvalue weighted by molar-refractivity contribution is -0.122. The Hall–Kier alpha value is -0.570. The van der Waals surface area contributed by atoms with E-state index >= 15 is 0 Å². The van der Waals surface area contributed by atoms with Gasteiger partial charge in [-0.2, -0.15) is 0 Å². The average Bonchev–Trinajstić information content (AvgIpc) is 2.78. The average molecular weight is 453 g/mol. The van der Waals surface area contributed by atoms with Crippen LogP contribution in [-0.2, 0) is 4.79 Å². The van der Waals surface area contributed by atoms with Gasteiger partial charge in [-0.15, -0.1) is 0 Å². The Morgan fingerprint density at radius 1 is 0.625 bits per heavy atom. The minimum Gasteiger partial charge on any atom is -0.352 e. The molecule has 1 N–H and O–H groups in total. The van der Waals surface area contributed by atoms with E-state index in [0.717, 1.165) is 12.8 Å². The molecule has 32 heavy (non-hydrogen) atoms. The smallest absolute Gasteiger partial charge is 0.220 e. The normalized spacial score (nSPS) is 13.4. The van der Waals surface area contributed by atoms with Gasteiger partial charge in [0.1, 0.15) is 0 Å². The van der Waals surface area contributed by atoms with Gasteiger partial charge >= 0.3 is 0 Å². The van der Waals surface area contributed by atoms with Gasteiger partial charge in [-0.1, -0.05) is 129 Å². The molecule has 0 spiro atoms. The molecule has 2 unspecified atom stereocenters. The van der Waals surface area contributed by atoms with Gasteiger partial charge in [-0.05, 0) is 33.9 Å². The fraction of sp³-hybridized carbons (Fsp3) is 0.966. The van der Waals surface area contributed by atoms with Gasteiger partial charge in [-0.3, -0.25) is 4.79 Å². The van der Waals surface area contributed by atoms with Crippen LogP contribution in [0.3, 0.4) is 0 Å². The van der Waals surface area contributed by atoms with Crippen LogP contribution in [0.25, 0.3) is 0 Å². The molecule has 0 aromatic carbocycles. The summed E-state index contributed by atoms with van der Waals surface area (Å²) in [5.41, 5.74) is 0. The molecular formula is C29H60N2O. The lowest BCUT2D eigenvalue weighted by Gasteiger charge is -2.29. The minimum absolute atomic E-state index is 0.234. The van der Waals surface area contributed by atoms with E-state index in [1.54, 1.807) is 0 Å². The van der Waals surface area contributed by atoms with Gasteiger partial charge in [0.2, 0.25) is 5.91 Å². The first-order chi connectivity index (χ1) is 15.5. The standard InChI is InChI=1S/C29H60N2O/c1-6-8-9-10-11-12-13-14-15-16-17-18-19-20-21-22-23-24-25-26-29(32)30-28(7-2)27(3)31(4)5/h27-28H,6-26H2,1-5H3,(H,30,32). The fourth-order valence-corrected chi connectivity index (χ4v) is 4.57. The van der Waals surface area contributed by atoms with Crippen molar-refractivity contribution in [3.8, 4) is 0 Å². The highest BCUT2D eigenvalue weighted by molar-refractivity contribution is 5.76. The van der Waals surface area contributed by atoms with Gasteiger partial charge in [0.05, 0.1) is 0 Å². The number of unbranched alkanes of at least 4 members (excludes halogenated alkanes) is 18. The third-order valence-corrected chi connectivity index (χ3v) is 7.19. The maximum atomic E-state index is 12.2. The van der Waals surface area contributed by atoms with Crippen LogP contribution in [0.5, 0.6) is 0 Å². The summed E-state index contributed by atoms with van der Waals surface area (Å²) in [6.07, 6.45) is 28.1. The monoisotopic (exact) mass is 452 g/mol. The van der Waals surface area contributed by atoms with Crippen molar-refractivity contribution < 1.29 is 4.79 Å². The number of amides is 1. The molecule has 0 aliphatic heterocycles. The van der Waals surface area contributed by atoms with E-state index in [0.29, 0.717) is 12.5 Å². The zero-order chi connectivity index (χ0) is 23.9. The van der Waals surface area contributed by atoms with E-state index in [1.807, 2.05) is 0 Å². The molecule has 0 saturated heterocycles. The van der Waals surface area contributed by atoms with E-state index in [-0.39, 0.29) is 11.9 Å². The molecule has 0 aliphatic carbocycles. The Morgan fingerprint density at radius 3 is 1.28 bits per heavy atom. The maximum absolute atomic E-state index is 12.2. The number of nitrogens with zero attached hydrogens (tertiary/aromatic N) is 1. The summed E-state index contributed by atoms with van der Waals surface area (Å²) in [5.74, 6) is 0.234. The van der Waals surface area contributed by atoms with Gasteiger partial charge in [0, 0.05) is 18.5 Å². The molecule has 1 amide bonds. The number of likely N-dealkylation sites (N-methyl/N-ethyl adjacent to an activating group) is 1. The SMILES string of the molecule is CCCCCCCCCCCCCCCCCCCCCC(=O)NC(CC)C(C)N(C)C. The molecule has 0 aliphatic rings. The summed E-state index contributed by atoms with van der Waals surface area (Å²) < 4.78 is 0. The third kappa shape index (κ3) is 20.1. The van der Waals surface area contributed by atoms with Crippen LogP contribution >= 0.6 is 0 Å². The van der Waals surface area contributed by atoms with Gasteiger partial charge in [0.25, 0.3) is 0 Å². The second kappa shape index (κ2) is 23.6. The number of nitrogens with one attached hydrogen (secondary N) is 1. The first-order valence-electron chi connectivity index (χ1n) is 14.5. The van der Waals surface area contributed by atoms with Gasteiger partial charge < -0.3 is 10.2 Å². The molecule has 192 valence electrons. The van der Waals surface area contributed by atoms with Crippen LogP contribution in [0.15, 0.2) is 0 Å². The number of rotatable bonds is 24. The number of hydrogen-bond acceptors (Lipinski definition) is 2. The van der Waals surface area contributed by atoms with Crippen LogP contribution in [0, 0.1) is 0 Å². The summed E-state index contributed by atoms with van der Waals surface area (Å²) >= 11 is 0. The highest BCUT2D eigenvalue weighted by Gasteiger charge is 2.18. The van der Waals surface area contributed by atoms with Crippen LogP contribution in [0.1, 0.15) is 156 Å². The van der Waals surface area contributed by atoms with Crippen LogP contribution < -0.4 is 5.32 Å². The number of carbonyl (C=O) groups excluding carboxylic acids is 1. The Balaban J connectivity index is 3.32. The van der Waals surface area contributed by atoms with Crippen molar-refractivity contribution in [2.75, 3.05) is 14.1 Å². The van der Waals surface area contributed by atoms with Crippen molar-refractivity contribution in [2.24, 2.45) is 0 Å². The molecule has 0 rings (SSSR count). The largest absolute Gasteiger partial charge is 0.352 e. The van der Waals surface area contributed by atoms with Crippen molar-refractivity contribution in [3.63, 3.8) is 0 Å². The molecule has 0 bridgehead atoms. The molecule has 0 fully saturated rings. The van der Waals surface area contributed by atoms with Crippen molar-refractivity contribution in [2.45, 2.75) is 168 Å². The quantitative estimate of drug-likeness (QED) is 0.149. The lowest BCUT2D eigenvalue weighted by atomic mass is 10.0. The molecular weight excluding hydrogens is 392 g/mol. The Morgan fingerprint density at radius 2 is 0.969 bits per heavy atom. The van der Waals surface area contributed by atoms with Crippen LogP contribution in [-0.4, -0.2) is 37.0 Å². The maximum Gasteiger partial charge on any atom is 0.220 e. The van der Waals surface area contributed by atoms with Crippen molar-refractivity contribution in [3.05, 3.63) is 0 Å². The molecule has 3 nitrogen and oxygen atoms in total. The van der Waals surface area contributed by atoms with E-state index in [9.17, 15) is 4.79 Å². The summed E-state index contributed by atoms with van der Waals surface area (Å²) in [6, 6.07) is 0.645. The van der Waals surface area contributed by atoms with E-state index in [2.05, 4.69) is 45.1 Å². The van der Waals surface area contributed by atoms with Crippen LogP contribution in [0.2, 0.25) is 0 Å². The predicted molar refractivity (Wildman–Crippen MR) is 143 cm³/mol. The highest BCUT2D eigenvalue weighted by atomic mass is 16.1. The number of hydrogen-bond donors (Lipinski definition) is 1. The highest BCUT2D eigenvalue weighted by Crippen LogP contribution is 2.15. The van der Waals surface area contributed by atoms with Crippen molar-refractivity contribution in [1.82, 2.24) is 10.2 Å². The molecule has 0 aromatic heterocycles. The predicted octanol–water partition coefficient (Wildman–Crippen LogP) is 8.65. The topological polar surface area (TPSA) is 32.3 Å². The van der Waals surface area contributed by atoms with E-state index in [4.69, 9.17) is 0 Å². The van der Waals surface area contributed by atoms with E-state index < -0.39 is 0 Å². The molecule has 2 atom stereocenters. The van der Waals surface area contributed by atoms with E-state index in [1.165, 1.54) is 116 Å². The molecule has 3 heteroatoms. The molecule has 0 radical (unpaired) electrons. The van der Waals surface area contributed by atoms with Gasteiger partial charge in [0.15, 0.2) is 0 Å². The second-order valence-corrected chi connectivity index (χ2v) is 10.4. The van der Waals surface area contributed by atoms with Crippen molar-refractivity contribution >= 4 is 5.91 Å². The Bertz CT molecular complexity index is 397.